The molecule has 9 heteroatoms. The van der Waals surface area contributed by atoms with Crippen molar-refractivity contribution in [2.75, 3.05) is 31.6 Å². The van der Waals surface area contributed by atoms with E-state index in [0.29, 0.717) is 18.9 Å². The Labute approximate surface area is 181 Å². The van der Waals surface area contributed by atoms with E-state index in [9.17, 15) is 4.79 Å². The van der Waals surface area contributed by atoms with Crippen LogP contribution in [0.4, 0.5) is 5.69 Å². The summed E-state index contributed by atoms with van der Waals surface area (Å²) in [4.78, 5) is 12.5. The Kier molecular flexibility index (Phi) is 7.40. The molecule has 0 aliphatic carbocycles. The minimum Gasteiger partial charge on any atom is -0.494 e. The van der Waals surface area contributed by atoms with Gasteiger partial charge in [-0.1, -0.05) is 23.4 Å². The largest absolute Gasteiger partial charge is 0.494 e. The molecule has 1 saturated heterocycles. The molecule has 2 heterocycles. The third-order valence-electron chi connectivity index (χ3n) is 4.59. The summed E-state index contributed by atoms with van der Waals surface area (Å²) in [5.74, 6) is 0.421. The van der Waals surface area contributed by atoms with E-state index >= 15 is 0 Å². The maximum absolute atomic E-state index is 12.5. The van der Waals surface area contributed by atoms with Crippen molar-refractivity contribution in [1.29, 1.82) is 0 Å². The second kappa shape index (κ2) is 10.2. The van der Waals surface area contributed by atoms with Gasteiger partial charge in [-0.2, -0.15) is 0 Å². The van der Waals surface area contributed by atoms with Crippen molar-refractivity contribution in [3.8, 4) is 11.4 Å². The Morgan fingerprint density at radius 2 is 2.13 bits per heavy atom. The van der Waals surface area contributed by atoms with Crippen molar-refractivity contribution in [2.45, 2.75) is 13.0 Å². The van der Waals surface area contributed by atoms with E-state index in [1.54, 1.807) is 10.9 Å². The van der Waals surface area contributed by atoms with E-state index in [1.807, 2.05) is 55.5 Å². The second-order valence-electron chi connectivity index (χ2n) is 6.62. The maximum atomic E-state index is 12.5. The van der Waals surface area contributed by atoms with Gasteiger partial charge in [-0.05, 0) is 36.8 Å². The zero-order valence-electron chi connectivity index (χ0n) is 16.6. The molecule has 30 heavy (non-hydrogen) atoms. The number of halogens is 1. The van der Waals surface area contributed by atoms with Crippen LogP contribution in [-0.2, 0) is 4.74 Å². The van der Waals surface area contributed by atoms with Crippen LogP contribution in [0.3, 0.4) is 0 Å². The molecule has 1 aliphatic rings. The Balaban J connectivity index is 0.00000256. The van der Waals surface area contributed by atoms with Crippen LogP contribution in [-0.4, -0.2) is 47.2 Å². The molecule has 0 saturated carbocycles. The number of amides is 1. The summed E-state index contributed by atoms with van der Waals surface area (Å²) < 4.78 is 12.8. The highest BCUT2D eigenvalue weighted by atomic mass is 35.5. The topological polar surface area (TPSA) is 90.3 Å². The zero-order valence-corrected chi connectivity index (χ0v) is 17.4. The first-order chi connectivity index (χ1) is 14.2. The van der Waals surface area contributed by atoms with Gasteiger partial charge >= 0.3 is 0 Å². The maximum Gasteiger partial charge on any atom is 0.277 e. The molecule has 1 aromatic heterocycles. The molecule has 0 bridgehead atoms. The van der Waals surface area contributed by atoms with E-state index in [4.69, 9.17) is 9.47 Å². The highest BCUT2D eigenvalue weighted by Crippen LogP contribution is 2.21. The van der Waals surface area contributed by atoms with Gasteiger partial charge in [-0.25, -0.2) is 4.68 Å². The first kappa shape index (κ1) is 21.8. The van der Waals surface area contributed by atoms with Crippen molar-refractivity contribution in [3.05, 3.63) is 66.0 Å². The highest BCUT2D eigenvalue weighted by molar-refractivity contribution is 6.02. The summed E-state index contributed by atoms with van der Waals surface area (Å²) in [6, 6.07) is 15.1. The normalized spacial score (nSPS) is 15.8. The van der Waals surface area contributed by atoms with E-state index in [-0.39, 0.29) is 30.1 Å². The molecule has 8 nitrogen and oxygen atoms in total. The number of ether oxygens (including phenoxy) is 2. The molecule has 4 rings (SSSR count). The number of nitrogens with one attached hydrogen (secondary N) is 2. The zero-order chi connectivity index (χ0) is 20.1. The second-order valence-corrected chi connectivity index (χ2v) is 6.62. The lowest BCUT2D eigenvalue weighted by Gasteiger charge is -2.24. The van der Waals surface area contributed by atoms with Crippen molar-refractivity contribution in [1.82, 2.24) is 20.3 Å². The predicted octanol–water partition coefficient (Wildman–Crippen LogP) is 3.00. The van der Waals surface area contributed by atoms with Crippen LogP contribution < -0.4 is 15.4 Å². The van der Waals surface area contributed by atoms with Gasteiger partial charge in [0, 0.05) is 24.8 Å². The fraction of sp³-hybridized carbons (Fsp3) is 0.286. The highest BCUT2D eigenvalue weighted by Gasteiger charge is 2.16. The minimum atomic E-state index is -0.319. The average molecular weight is 430 g/mol. The molecule has 0 unspecified atom stereocenters. The van der Waals surface area contributed by atoms with Crippen LogP contribution in [0.1, 0.15) is 29.1 Å². The summed E-state index contributed by atoms with van der Waals surface area (Å²) >= 11 is 0. The molecule has 0 radical (unpaired) electrons. The monoisotopic (exact) mass is 429 g/mol. The quantitative estimate of drug-likeness (QED) is 0.626. The van der Waals surface area contributed by atoms with Crippen LogP contribution in [0.25, 0.3) is 5.69 Å². The summed E-state index contributed by atoms with van der Waals surface area (Å²) in [7, 11) is 0. The number of morpholine rings is 1. The van der Waals surface area contributed by atoms with Crippen molar-refractivity contribution in [3.63, 3.8) is 0 Å². The van der Waals surface area contributed by atoms with Gasteiger partial charge in [-0.3, -0.25) is 4.79 Å². The Hall–Kier alpha value is -2.94. The molecule has 3 aromatic rings. The van der Waals surface area contributed by atoms with Crippen LogP contribution in [0, 0.1) is 0 Å². The number of anilines is 1. The molecule has 1 aliphatic heterocycles. The molecule has 1 fully saturated rings. The Morgan fingerprint density at radius 1 is 1.30 bits per heavy atom. The fourth-order valence-electron chi connectivity index (χ4n) is 3.13. The molecule has 2 N–H and O–H groups in total. The van der Waals surface area contributed by atoms with Crippen LogP contribution in [0.2, 0.25) is 0 Å². The van der Waals surface area contributed by atoms with Crippen LogP contribution >= 0.6 is 12.4 Å². The number of carbonyl (C=O) groups is 1. The lowest BCUT2D eigenvalue weighted by Crippen LogP contribution is -2.33. The van der Waals surface area contributed by atoms with E-state index in [2.05, 4.69) is 20.9 Å². The Bertz CT molecular complexity index is 971. The summed E-state index contributed by atoms with van der Waals surface area (Å²) in [5, 5.41) is 14.2. The van der Waals surface area contributed by atoms with E-state index in [1.165, 1.54) is 0 Å². The number of hydrogen-bond donors (Lipinski definition) is 2. The number of nitrogens with zero attached hydrogens (tertiary/aromatic N) is 3. The molecule has 1 amide bonds. The average Bonchev–Trinajstić information content (AvgIpc) is 3.26. The molecule has 1 atom stereocenters. The van der Waals surface area contributed by atoms with Crippen LogP contribution in [0.15, 0.2) is 54.7 Å². The van der Waals surface area contributed by atoms with Crippen molar-refractivity contribution >= 4 is 24.0 Å². The smallest absolute Gasteiger partial charge is 0.277 e. The van der Waals surface area contributed by atoms with Gasteiger partial charge < -0.3 is 20.1 Å². The third-order valence-corrected chi connectivity index (χ3v) is 4.59. The molecule has 2 aromatic carbocycles. The van der Waals surface area contributed by atoms with Gasteiger partial charge in [0.1, 0.15) is 5.75 Å². The summed E-state index contributed by atoms with van der Waals surface area (Å²) in [6.07, 6.45) is 1.64. The SMILES string of the molecule is CCOc1cccc(-n2cc(C(=O)Nc3ccc([C@H]4CNCCO4)cc3)nn2)c1.Cl. The number of benzene rings is 2. The number of aromatic nitrogens is 3. The van der Waals surface area contributed by atoms with Crippen LogP contribution in [0.5, 0.6) is 5.75 Å². The summed E-state index contributed by atoms with van der Waals surface area (Å²) in [5.41, 5.74) is 2.77. The minimum absolute atomic E-state index is 0. The van der Waals surface area contributed by atoms with Crippen molar-refractivity contribution < 1.29 is 14.3 Å². The number of rotatable bonds is 6. The third kappa shape index (κ3) is 5.15. The lowest BCUT2D eigenvalue weighted by molar-refractivity contribution is 0.0277. The van der Waals surface area contributed by atoms with E-state index in [0.717, 1.165) is 30.1 Å². The van der Waals surface area contributed by atoms with Gasteiger partial charge in [0.15, 0.2) is 5.69 Å². The number of carbonyl (C=O) groups excluding carboxylic acids is 1. The molecule has 0 spiro atoms. The van der Waals surface area contributed by atoms with Gasteiger partial charge in [0.25, 0.3) is 5.91 Å². The molecular weight excluding hydrogens is 406 g/mol. The van der Waals surface area contributed by atoms with Gasteiger partial charge in [0.2, 0.25) is 0 Å². The van der Waals surface area contributed by atoms with Gasteiger partial charge in [0.05, 0.1) is 31.2 Å². The Morgan fingerprint density at radius 3 is 2.87 bits per heavy atom. The lowest BCUT2D eigenvalue weighted by atomic mass is 10.1. The number of hydrogen-bond acceptors (Lipinski definition) is 6. The first-order valence-electron chi connectivity index (χ1n) is 9.62. The molecule has 158 valence electrons. The van der Waals surface area contributed by atoms with Gasteiger partial charge in [-0.15, -0.1) is 17.5 Å². The first-order valence-corrected chi connectivity index (χ1v) is 9.62. The fourth-order valence-corrected chi connectivity index (χ4v) is 3.13. The predicted molar refractivity (Wildman–Crippen MR) is 116 cm³/mol. The summed E-state index contributed by atoms with van der Waals surface area (Å²) in [6.45, 7) is 4.87. The van der Waals surface area contributed by atoms with Crippen molar-refractivity contribution in [2.24, 2.45) is 0 Å². The van der Waals surface area contributed by atoms with E-state index < -0.39 is 0 Å². The standard InChI is InChI=1S/C21H23N5O3.ClH/c1-2-28-18-5-3-4-17(12-18)26-14-19(24-25-26)21(27)23-16-8-6-15(7-9-16)20-13-22-10-11-29-20;/h3-9,12,14,20,22H,2,10-11,13H2,1H3,(H,23,27);1H/t20-;/m1./s1. The molecular formula is C21H24ClN5O3.